The van der Waals surface area contributed by atoms with Gasteiger partial charge in [-0.05, 0) is 56.4 Å². The van der Waals surface area contributed by atoms with Crippen LogP contribution in [-0.4, -0.2) is 59.3 Å². The molecular weight excluding hydrogens is 612 g/mol. The molecule has 45 heavy (non-hydrogen) atoms. The zero-order valence-corrected chi connectivity index (χ0v) is 25.4. The topological polar surface area (TPSA) is 156 Å². The van der Waals surface area contributed by atoms with E-state index >= 15 is 8.78 Å². The van der Waals surface area contributed by atoms with Gasteiger partial charge in [0.15, 0.2) is 6.10 Å². The van der Waals surface area contributed by atoms with E-state index < -0.39 is 59.3 Å². The highest BCUT2D eigenvalue weighted by Crippen LogP contribution is 2.43. The molecule has 242 valence electrons. The van der Waals surface area contributed by atoms with Crippen molar-refractivity contribution in [3.63, 3.8) is 0 Å². The maximum atomic E-state index is 15.8. The molecule has 4 rings (SSSR count). The summed E-state index contributed by atoms with van der Waals surface area (Å²) in [5.74, 6) is -7.24. The fraction of sp³-hybridized carbons (Fsp3) is 0.484. The van der Waals surface area contributed by atoms with Gasteiger partial charge in [-0.2, -0.15) is 8.78 Å². The highest BCUT2D eigenvalue weighted by atomic mass is 35.5. The number of alkyl carbamates (subject to hydrolysis) is 1. The third-order valence-electron chi connectivity index (χ3n) is 7.68. The first kappa shape index (κ1) is 33.8. The van der Waals surface area contributed by atoms with Crippen molar-refractivity contribution in [3.05, 3.63) is 64.9 Å². The number of unbranched alkanes of at least 4 members (excludes halogenated alkanes) is 1. The van der Waals surface area contributed by atoms with Crippen molar-refractivity contribution in [2.24, 2.45) is 5.92 Å². The van der Waals surface area contributed by atoms with Crippen LogP contribution in [0, 0.1) is 5.92 Å². The van der Waals surface area contributed by atoms with Gasteiger partial charge < -0.3 is 26.0 Å². The van der Waals surface area contributed by atoms with Gasteiger partial charge in [0, 0.05) is 47.0 Å². The van der Waals surface area contributed by atoms with Gasteiger partial charge in [0.1, 0.15) is 6.04 Å². The van der Waals surface area contributed by atoms with E-state index in [1.165, 1.54) is 36.7 Å². The van der Waals surface area contributed by atoms with Crippen molar-refractivity contribution in [1.82, 2.24) is 26.3 Å². The van der Waals surface area contributed by atoms with E-state index in [-0.39, 0.29) is 35.4 Å². The largest absolute Gasteiger partial charge is 0.434 e. The molecule has 1 aromatic carbocycles. The smallest absolute Gasteiger partial charge is 0.408 e. The Balaban J connectivity index is 1.52. The number of amides is 4. The molecule has 4 N–H and O–H groups in total. The Bertz CT molecular complexity index is 1390. The predicted molar refractivity (Wildman–Crippen MR) is 159 cm³/mol. The van der Waals surface area contributed by atoms with Crippen molar-refractivity contribution in [2.75, 3.05) is 6.54 Å². The molecule has 14 heteroatoms. The summed E-state index contributed by atoms with van der Waals surface area (Å²) in [4.78, 5) is 68.4. The molecule has 2 fully saturated rings. The highest BCUT2D eigenvalue weighted by molar-refractivity contribution is 6.38. The molecule has 0 radical (unpaired) electrons. The lowest BCUT2D eigenvalue weighted by molar-refractivity contribution is -0.141. The molecule has 2 heterocycles. The van der Waals surface area contributed by atoms with Crippen LogP contribution < -0.4 is 21.3 Å². The number of pyridine rings is 1. The first-order valence-electron chi connectivity index (χ1n) is 14.9. The maximum Gasteiger partial charge on any atom is 0.408 e. The summed E-state index contributed by atoms with van der Waals surface area (Å²) < 4.78 is 36.9. The van der Waals surface area contributed by atoms with Crippen LogP contribution in [0.4, 0.5) is 13.6 Å². The normalized spacial score (nSPS) is 18.2. The fourth-order valence-corrected chi connectivity index (χ4v) is 5.19. The molecule has 2 aliphatic rings. The SMILES string of the molecule is CCCC[C@H](NC(=O)OC(c1ccncc1)C(F)(F)c1cccc(Cl)c1)C(=O)N[C@@H](C[C@@H]1CCNC1=O)C(=O)C(=O)NC1CC1. The fourth-order valence-electron chi connectivity index (χ4n) is 5.00. The minimum Gasteiger partial charge on any atom is -0.434 e. The molecule has 4 amide bonds. The lowest BCUT2D eigenvalue weighted by Crippen LogP contribution is -2.55. The summed E-state index contributed by atoms with van der Waals surface area (Å²) >= 11 is 5.95. The first-order valence-corrected chi connectivity index (χ1v) is 15.3. The number of nitrogens with zero attached hydrogens (tertiary/aromatic N) is 1. The van der Waals surface area contributed by atoms with E-state index in [4.69, 9.17) is 16.3 Å². The summed E-state index contributed by atoms with van der Waals surface area (Å²) in [6.45, 7) is 2.25. The van der Waals surface area contributed by atoms with Crippen molar-refractivity contribution >= 4 is 41.2 Å². The van der Waals surface area contributed by atoms with Gasteiger partial charge in [-0.3, -0.25) is 24.2 Å². The molecule has 1 aliphatic carbocycles. The third-order valence-corrected chi connectivity index (χ3v) is 7.91. The molecule has 11 nitrogen and oxygen atoms in total. The molecule has 1 saturated carbocycles. The van der Waals surface area contributed by atoms with Gasteiger partial charge >= 0.3 is 12.0 Å². The second kappa shape index (κ2) is 15.2. The Morgan fingerprint density at radius 1 is 1.09 bits per heavy atom. The summed E-state index contributed by atoms with van der Waals surface area (Å²) in [7, 11) is 0. The van der Waals surface area contributed by atoms with Crippen molar-refractivity contribution in [3.8, 4) is 0 Å². The Morgan fingerprint density at radius 3 is 2.44 bits per heavy atom. The number of rotatable bonds is 15. The third kappa shape index (κ3) is 9.19. The number of nitrogens with one attached hydrogen (secondary N) is 4. The number of carbonyl (C=O) groups is 5. The summed E-state index contributed by atoms with van der Waals surface area (Å²) in [6, 6.07) is 4.80. The second-order valence-corrected chi connectivity index (χ2v) is 11.7. The lowest BCUT2D eigenvalue weighted by Gasteiger charge is -2.29. The molecule has 1 unspecified atom stereocenters. The van der Waals surface area contributed by atoms with E-state index in [2.05, 4.69) is 26.3 Å². The van der Waals surface area contributed by atoms with Gasteiger partial charge in [-0.25, -0.2) is 4.79 Å². The Kier molecular flexibility index (Phi) is 11.4. The van der Waals surface area contributed by atoms with Crippen LogP contribution in [0.15, 0.2) is 48.8 Å². The summed E-state index contributed by atoms with van der Waals surface area (Å²) in [5, 5.41) is 10.2. The summed E-state index contributed by atoms with van der Waals surface area (Å²) in [6.07, 6.45) is 2.08. The van der Waals surface area contributed by atoms with E-state index in [1.54, 1.807) is 0 Å². The van der Waals surface area contributed by atoms with Crippen LogP contribution in [0.3, 0.4) is 0 Å². The maximum absolute atomic E-state index is 15.8. The minimum atomic E-state index is -3.74. The number of ether oxygens (including phenoxy) is 1. The monoisotopic (exact) mass is 647 g/mol. The van der Waals surface area contributed by atoms with Gasteiger partial charge in [-0.15, -0.1) is 0 Å². The number of ketones is 1. The Labute approximate surface area is 264 Å². The molecule has 1 aliphatic heterocycles. The molecule has 1 aromatic heterocycles. The quantitative estimate of drug-likeness (QED) is 0.215. The number of aromatic nitrogens is 1. The lowest BCUT2D eigenvalue weighted by atomic mass is 9.95. The van der Waals surface area contributed by atoms with Crippen LogP contribution in [0.5, 0.6) is 0 Å². The zero-order valence-electron chi connectivity index (χ0n) is 24.7. The predicted octanol–water partition coefficient (Wildman–Crippen LogP) is 3.71. The molecule has 0 spiro atoms. The second-order valence-electron chi connectivity index (χ2n) is 11.2. The number of Topliss-reactive ketones (excluding diaryl/α,β-unsaturated/α-hetero) is 1. The number of alkyl halides is 2. The number of carbonyl (C=O) groups excluding carboxylic acids is 5. The minimum absolute atomic E-state index is 0.0538. The van der Waals surface area contributed by atoms with Gasteiger partial charge in [-0.1, -0.05) is 43.5 Å². The van der Waals surface area contributed by atoms with Gasteiger partial charge in [0.25, 0.3) is 5.91 Å². The van der Waals surface area contributed by atoms with Crippen molar-refractivity contribution in [1.29, 1.82) is 0 Å². The Morgan fingerprint density at radius 2 is 1.82 bits per heavy atom. The molecule has 0 bridgehead atoms. The van der Waals surface area contributed by atoms with E-state index in [1.807, 2.05) is 6.92 Å². The Hall–Kier alpha value is -4.13. The number of halogens is 3. The number of benzene rings is 1. The molecule has 1 saturated heterocycles. The van der Waals surface area contributed by atoms with Crippen LogP contribution in [-0.2, 0) is 29.8 Å². The summed E-state index contributed by atoms with van der Waals surface area (Å²) in [5.41, 5.74) is -0.548. The average molecular weight is 648 g/mol. The number of hydrogen-bond acceptors (Lipinski definition) is 7. The molecule has 4 atom stereocenters. The van der Waals surface area contributed by atoms with Crippen molar-refractivity contribution < 1.29 is 37.5 Å². The molecular formula is C31H36ClF2N5O6. The van der Waals surface area contributed by atoms with E-state index in [9.17, 15) is 24.0 Å². The van der Waals surface area contributed by atoms with Crippen LogP contribution in [0.2, 0.25) is 5.02 Å². The van der Waals surface area contributed by atoms with Gasteiger partial charge in [0.05, 0.1) is 6.04 Å². The molecule has 2 aromatic rings. The number of hydrogen-bond donors (Lipinski definition) is 4. The standard InChI is InChI=1S/C31H36ClF2N5O6/c1-2-3-7-23(28(42)38-24(16-19-12-15-36-27(19)41)25(40)29(43)37-22-8-9-22)39-30(44)45-26(18-10-13-35-14-11-18)31(33,34)20-5-4-6-21(32)17-20/h4-6,10-11,13-14,17,19,22-24,26H,2-3,7-9,12,15-16H2,1H3,(H,36,41)(H,37,43)(H,38,42)(H,39,44)/t19-,23-,24-,26?/m0/s1. The van der Waals surface area contributed by atoms with Crippen LogP contribution in [0.1, 0.15) is 69.1 Å². The average Bonchev–Trinajstić information content (AvgIpc) is 3.75. The van der Waals surface area contributed by atoms with E-state index in [0.29, 0.717) is 25.8 Å². The zero-order chi connectivity index (χ0) is 32.6. The van der Waals surface area contributed by atoms with Crippen LogP contribution >= 0.6 is 11.6 Å². The van der Waals surface area contributed by atoms with E-state index in [0.717, 1.165) is 25.0 Å². The first-order chi connectivity index (χ1) is 21.5. The van der Waals surface area contributed by atoms with Gasteiger partial charge in [0.2, 0.25) is 17.6 Å². The van der Waals surface area contributed by atoms with Crippen LogP contribution in [0.25, 0.3) is 0 Å². The highest BCUT2D eigenvalue weighted by Gasteiger charge is 2.46. The van der Waals surface area contributed by atoms with Crippen molar-refractivity contribution in [2.45, 2.75) is 82.0 Å².